The number of aromatic nitrogens is 1. The number of carboxylic acids is 1. The van der Waals surface area contributed by atoms with Crippen LogP contribution in [0.2, 0.25) is 0 Å². The Morgan fingerprint density at radius 1 is 1.43 bits per heavy atom. The highest BCUT2D eigenvalue weighted by molar-refractivity contribution is 7.91. The fourth-order valence-corrected chi connectivity index (χ4v) is 5.36. The van der Waals surface area contributed by atoms with Crippen LogP contribution in [0.4, 0.5) is 0 Å². The molecule has 1 aliphatic rings. The van der Waals surface area contributed by atoms with Crippen LogP contribution in [0.25, 0.3) is 0 Å². The van der Waals surface area contributed by atoms with Gasteiger partial charge in [-0.1, -0.05) is 13.8 Å². The molecular formula is C13H20N2O4S2. The monoisotopic (exact) mass is 332 g/mol. The number of hydrogen-bond acceptors (Lipinski definition) is 5. The molecule has 1 N–H and O–H groups in total. The number of hydrogen-bond donors (Lipinski definition) is 1. The first-order chi connectivity index (χ1) is 9.65. The Balaban J connectivity index is 2.24. The Morgan fingerprint density at radius 2 is 2.00 bits per heavy atom. The first-order valence-corrected chi connectivity index (χ1v) is 9.12. The van der Waals surface area contributed by atoms with Crippen LogP contribution >= 0.6 is 11.3 Å². The summed E-state index contributed by atoms with van der Waals surface area (Å²) in [5, 5.41) is 9.04. The van der Waals surface area contributed by atoms with E-state index >= 15 is 0 Å². The lowest BCUT2D eigenvalue weighted by molar-refractivity contribution is 0.0687. The van der Waals surface area contributed by atoms with E-state index in [1.165, 1.54) is 16.9 Å². The van der Waals surface area contributed by atoms with Gasteiger partial charge in [-0.3, -0.25) is 0 Å². The molecule has 0 saturated heterocycles. The van der Waals surface area contributed by atoms with Crippen LogP contribution in [0.5, 0.6) is 0 Å². The summed E-state index contributed by atoms with van der Waals surface area (Å²) >= 11 is 0.855. The highest BCUT2D eigenvalue weighted by Gasteiger charge is 2.36. The number of aromatic carboxylic acids is 1. The van der Waals surface area contributed by atoms with Crippen molar-refractivity contribution in [1.29, 1.82) is 0 Å². The molecule has 0 atom stereocenters. The van der Waals surface area contributed by atoms with Gasteiger partial charge in [0.2, 0.25) is 0 Å². The van der Waals surface area contributed by atoms with Crippen molar-refractivity contribution in [2.75, 3.05) is 7.05 Å². The highest BCUT2D eigenvalue weighted by Crippen LogP contribution is 2.38. The molecule has 1 saturated carbocycles. The highest BCUT2D eigenvalue weighted by atomic mass is 32.2. The molecule has 0 spiro atoms. The second-order valence-electron chi connectivity index (χ2n) is 6.21. The average molecular weight is 332 g/mol. The third kappa shape index (κ3) is 3.27. The van der Waals surface area contributed by atoms with Crippen molar-refractivity contribution >= 4 is 27.3 Å². The van der Waals surface area contributed by atoms with E-state index in [9.17, 15) is 13.2 Å². The topological polar surface area (TPSA) is 87.6 Å². The summed E-state index contributed by atoms with van der Waals surface area (Å²) in [6, 6.07) is -0.0771. The lowest BCUT2D eigenvalue weighted by Gasteiger charge is -2.37. The lowest BCUT2D eigenvalue weighted by atomic mass is 9.76. The predicted octanol–water partition coefficient (Wildman–Crippen LogP) is 2.43. The maximum absolute atomic E-state index is 12.6. The molecule has 0 unspecified atom stereocenters. The summed E-state index contributed by atoms with van der Waals surface area (Å²) in [6.07, 6.45) is 3.52. The standard InChI is InChI=1S/C13H20N2O4S2/c1-13(2)6-4-9(5-7-13)15(3)21(18,19)12-10(11(16)17)14-8-20-12/h8-9H,4-7H2,1-3H3,(H,16,17). The SMILES string of the molecule is CN(C1CCC(C)(C)CC1)S(=O)(=O)c1scnc1C(=O)O. The third-order valence-corrected chi connectivity index (χ3v) is 7.43. The van der Waals surface area contributed by atoms with E-state index in [1.54, 1.807) is 0 Å². The molecule has 0 bridgehead atoms. The van der Waals surface area contributed by atoms with Crippen LogP contribution in [0, 0.1) is 5.41 Å². The first kappa shape index (κ1) is 16.4. The molecule has 1 fully saturated rings. The minimum atomic E-state index is -3.80. The van der Waals surface area contributed by atoms with Crippen molar-refractivity contribution in [3.05, 3.63) is 11.2 Å². The van der Waals surface area contributed by atoms with Gasteiger partial charge in [0.1, 0.15) is 0 Å². The van der Waals surface area contributed by atoms with Gasteiger partial charge in [0.15, 0.2) is 9.90 Å². The Hall–Kier alpha value is -0.990. The lowest BCUT2D eigenvalue weighted by Crippen LogP contribution is -2.40. The second-order valence-corrected chi connectivity index (χ2v) is 9.26. The number of thiazole rings is 1. The van der Waals surface area contributed by atoms with E-state index in [4.69, 9.17) is 5.11 Å². The zero-order valence-electron chi connectivity index (χ0n) is 12.4. The van der Waals surface area contributed by atoms with E-state index in [-0.39, 0.29) is 21.4 Å². The van der Waals surface area contributed by atoms with E-state index in [0.717, 1.165) is 37.0 Å². The van der Waals surface area contributed by atoms with Crippen molar-refractivity contribution in [1.82, 2.24) is 9.29 Å². The maximum atomic E-state index is 12.6. The van der Waals surface area contributed by atoms with Crippen molar-refractivity contribution in [3.8, 4) is 0 Å². The van der Waals surface area contributed by atoms with Crippen LogP contribution in [0.3, 0.4) is 0 Å². The molecule has 2 rings (SSSR count). The van der Waals surface area contributed by atoms with Crippen LogP contribution in [-0.4, -0.2) is 41.9 Å². The average Bonchev–Trinajstić information content (AvgIpc) is 2.88. The molecule has 1 heterocycles. The molecule has 0 radical (unpaired) electrons. The van der Waals surface area contributed by atoms with Gasteiger partial charge in [-0.25, -0.2) is 18.2 Å². The summed E-state index contributed by atoms with van der Waals surface area (Å²) < 4.78 is 26.4. The van der Waals surface area contributed by atoms with Gasteiger partial charge in [0.05, 0.1) is 5.51 Å². The fraction of sp³-hybridized carbons (Fsp3) is 0.692. The number of carbonyl (C=O) groups is 1. The molecular weight excluding hydrogens is 312 g/mol. The Labute approximate surface area is 128 Å². The van der Waals surface area contributed by atoms with Crippen LogP contribution in [-0.2, 0) is 10.0 Å². The van der Waals surface area contributed by atoms with Gasteiger partial charge >= 0.3 is 5.97 Å². The van der Waals surface area contributed by atoms with Gasteiger partial charge in [-0.05, 0) is 31.1 Å². The maximum Gasteiger partial charge on any atom is 0.356 e. The van der Waals surface area contributed by atoms with Crippen molar-refractivity contribution in [2.24, 2.45) is 5.41 Å². The summed E-state index contributed by atoms with van der Waals surface area (Å²) in [7, 11) is -2.27. The largest absolute Gasteiger partial charge is 0.476 e. The molecule has 1 aromatic heterocycles. The van der Waals surface area contributed by atoms with Crippen LogP contribution < -0.4 is 0 Å². The van der Waals surface area contributed by atoms with Gasteiger partial charge in [0.25, 0.3) is 10.0 Å². The predicted molar refractivity (Wildman–Crippen MR) is 80.1 cm³/mol. The molecule has 0 aliphatic heterocycles. The minimum Gasteiger partial charge on any atom is -0.476 e. The molecule has 0 amide bonds. The number of carboxylic acid groups (broad SMARTS) is 1. The summed E-state index contributed by atoms with van der Waals surface area (Å²) in [5.41, 5.74) is 1.12. The number of nitrogens with zero attached hydrogens (tertiary/aromatic N) is 2. The fourth-order valence-electron chi connectivity index (χ4n) is 2.64. The van der Waals surface area contributed by atoms with Gasteiger partial charge in [-0.2, -0.15) is 4.31 Å². The van der Waals surface area contributed by atoms with E-state index in [0.29, 0.717) is 0 Å². The minimum absolute atomic E-state index is 0.0771. The van der Waals surface area contributed by atoms with E-state index < -0.39 is 16.0 Å². The quantitative estimate of drug-likeness (QED) is 0.915. The Morgan fingerprint density at radius 3 is 2.52 bits per heavy atom. The summed E-state index contributed by atoms with van der Waals surface area (Å²) in [6.45, 7) is 4.37. The Kier molecular flexibility index (Phi) is 4.41. The van der Waals surface area contributed by atoms with Crippen molar-refractivity contribution in [2.45, 2.75) is 49.8 Å². The molecule has 6 nitrogen and oxygen atoms in total. The smallest absolute Gasteiger partial charge is 0.356 e. The molecule has 1 aromatic rings. The normalized spacial score (nSPS) is 19.8. The van der Waals surface area contributed by atoms with Gasteiger partial charge in [0, 0.05) is 13.1 Å². The van der Waals surface area contributed by atoms with Crippen molar-refractivity contribution < 1.29 is 18.3 Å². The molecule has 1 aliphatic carbocycles. The first-order valence-electron chi connectivity index (χ1n) is 6.80. The summed E-state index contributed by atoms with van der Waals surface area (Å²) in [4.78, 5) is 14.7. The van der Waals surface area contributed by atoms with E-state index in [2.05, 4.69) is 18.8 Å². The zero-order chi connectivity index (χ0) is 15.8. The van der Waals surface area contributed by atoms with E-state index in [1.807, 2.05) is 0 Å². The van der Waals surface area contributed by atoms with Crippen molar-refractivity contribution in [3.63, 3.8) is 0 Å². The molecule has 118 valence electrons. The molecule has 21 heavy (non-hydrogen) atoms. The van der Waals surface area contributed by atoms with Gasteiger partial charge < -0.3 is 5.11 Å². The molecule has 8 heteroatoms. The Bertz CT molecular complexity index is 626. The van der Waals surface area contributed by atoms with Crippen LogP contribution in [0.15, 0.2) is 9.72 Å². The third-order valence-electron chi connectivity index (χ3n) is 4.17. The second kappa shape index (κ2) is 5.66. The molecule has 0 aromatic carbocycles. The zero-order valence-corrected chi connectivity index (χ0v) is 14.0. The number of sulfonamides is 1. The summed E-state index contributed by atoms with van der Waals surface area (Å²) in [5.74, 6) is -1.31. The number of rotatable bonds is 4. The van der Waals surface area contributed by atoms with Crippen LogP contribution in [0.1, 0.15) is 50.0 Å². The van der Waals surface area contributed by atoms with Gasteiger partial charge in [-0.15, -0.1) is 11.3 Å².